The van der Waals surface area contributed by atoms with Crippen LogP contribution in [0.1, 0.15) is 107 Å². The number of aliphatic hydroxyl groups excluding tert-OH is 1. The molecule has 0 amide bonds. The first-order chi connectivity index (χ1) is 14.7. The fourth-order valence-corrected chi connectivity index (χ4v) is 9.37. The van der Waals surface area contributed by atoms with Gasteiger partial charge in [0.05, 0.1) is 11.7 Å². The van der Waals surface area contributed by atoms with Gasteiger partial charge in [-0.1, -0.05) is 65.3 Å². The fraction of sp³-hybridized carbons (Fsp3) is 0.867. The van der Waals surface area contributed by atoms with Crippen LogP contribution in [0, 0.1) is 45.3 Å². The van der Waals surface area contributed by atoms with E-state index in [1.165, 1.54) is 32.1 Å². The second-order valence-corrected chi connectivity index (χ2v) is 14.1. The number of hydrogen-bond acceptors (Lipinski definition) is 2. The Morgan fingerprint density at radius 1 is 1.03 bits per heavy atom. The van der Waals surface area contributed by atoms with Crippen molar-refractivity contribution >= 4 is 0 Å². The summed E-state index contributed by atoms with van der Waals surface area (Å²) in [5.74, 6) is 2.81. The van der Waals surface area contributed by atoms with Gasteiger partial charge in [-0.25, -0.2) is 0 Å². The molecule has 2 heteroatoms. The van der Waals surface area contributed by atoms with E-state index < -0.39 is 5.60 Å². The van der Waals surface area contributed by atoms with Crippen molar-refractivity contribution in [3.63, 3.8) is 0 Å². The topological polar surface area (TPSA) is 40.5 Å². The molecule has 0 radical (unpaired) electrons. The number of rotatable bonds is 4. The Morgan fingerprint density at radius 2 is 1.72 bits per heavy atom. The molecule has 0 aromatic heterocycles. The van der Waals surface area contributed by atoms with Gasteiger partial charge in [-0.3, -0.25) is 0 Å². The maximum absolute atomic E-state index is 10.8. The number of aliphatic hydroxyl groups is 2. The van der Waals surface area contributed by atoms with Gasteiger partial charge >= 0.3 is 0 Å². The van der Waals surface area contributed by atoms with Gasteiger partial charge in [0, 0.05) is 5.41 Å². The molecule has 2 N–H and O–H groups in total. The smallest absolute Gasteiger partial charge is 0.0771 e. The molecule has 3 saturated carbocycles. The molecule has 0 aromatic carbocycles. The molecule has 2 nitrogen and oxygen atoms in total. The van der Waals surface area contributed by atoms with Crippen LogP contribution in [0.4, 0.5) is 0 Å². The predicted octanol–water partition coefficient (Wildman–Crippen LogP) is 7.31. The highest BCUT2D eigenvalue weighted by Crippen LogP contribution is 2.74. The van der Waals surface area contributed by atoms with E-state index in [0.717, 1.165) is 31.1 Å². The average molecular weight is 443 g/mol. The summed E-state index contributed by atoms with van der Waals surface area (Å²) >= 11 is 0. The van der Waals surface area contributed by atoms with Gasteiger partial charge in [-0.05, 0) is 105 Å². The van der Waals surface area contributed by atoms with Crippen molar-refractivity contribution < 1.29 is 10.2 Å². The Bertz CT molecular complexity index is 785. The lowest BCUT2D eigenvalue weighted by Gasteiger charge is -2.66. The van der Waals surface area contributed by atoms with Gasteiger partial charge in [0.25, 0.3) is 0 Å². The number of allylic oxidation sites excluding steroid dienone is 2. The minimum absolute atomic E-state index is 0.0713. The van der Waals surface area contributed by atoms with Crippen molar-refractivity contribution in [1.82, 2.24) is 0 Å². The van der Waals surface area contributed by atoms with Gasteiger partial charge in [0.1, 0.15) is 0 Å². The van der Waals surface area contributed by atoms with Gasteiger partial charge in [-0.15, -0.1) is 0 Å². The van der Waals surface area contributed by atoms with E-state index in [9.17, 15) is 10.2 Å². The van der Waals surface area contributed by atoms with Crippen molar-refractivity contribution in [2.24, 2.45) is 45.3 Å². The van der Waals surface area contributed by atoms with Crippen LogP contribution in [-0.2, 0) is 0 Å². The summed E-state index contributed by atoms with van der Waals surface area (Å²) in [5, 5.41) is 20.8. The molecule has 0 heterocycles. The van der Waals surface area contributed by atoms with Crippen molar-refractivity contribution in [1.29, 1.82) is 0 Å². The third-order valence-electron chi connectivity index (χ3n) is 11.6. The first-order valence-electron chi connectivity index (χ1n) is 13.5. The molecule has 0 aliphatic heterocycles. The van der Waals surface area contributed by atoms with Gasteiger partial charge in [0.2, 0.25) is 0 Å². The molecule has 0 aromatic rings. The van der Waals surface area contributed by atoms with Crippen LogP contribution in [0.3, 0.4) is 0 Å². The standard InChI is InChI=1S/C30H50O2/c1-20(10-9-16-26(2,3)32)21-15-17-30(8)24-13-11-22-23(12-14-25(31)27(22,4)5)28(24,6)18-19-29(21,30)7/h9,11,16,20-21,23-25,31-32H,10,12-15,17-19H2,1-8H3/t20-,21-,23+,24-,25-,28-,29-,30+/m0/s1. The van der Waals surface area contributed by atoms with Crippen molar-refractivity contribution in [3.05, 3.63) is 23.8 Å². The Balaban J connectivity index is 1.62. The van der Waals surface area contributed by atoms with Crippen molar-refractivity contribution in [2.75, 3.05) is 0 Å². The van der Waals surface area contributed by atoms with Gasteiger partial charge in [0.15, 0.2) is 0 Å². The van der Waals surface area contributed by atoms with Gasteiger partial charge in [-0.2, -0.15) is 0 Å². The van der Waals surface area contributed by atoms with Crippen molar-refractivity contribution in [3.8, 4) is 0 Å². The molecule has 32 heavy (non-hydrogen) atoms. The lowest BCUT2D eigenvalue weighted by molar-refractivity contribution is -0.145. The molecule has 4 aliphatic rings. The molecule has 4 aliphatic carbocycles. The number of fused-ring (bicyclic) bond motifs is 5. The molecule has 0 bridgehead atoms. The van der Waals surface area contributed by atoms with Crippen LogP contribution in [0.15, 0.2) is 23.8 Å². The molecular formula is C30H50O2. The van der Waals surface area contributed by atoms with Crippen molar-refractivity contribution in [2.45, 2.75) is 118 Å². The largest absolute Gasteiger partial charge is 0.392 e. The Morgan fingerprint density at radius 3 is 2.38 bits per heavy atom. The summed E-state index contributed by atoms with van der Waals surface area (Å²) in [7, 11) is 0. The Labute approximate surface area is 198 Å². The highest BCUT2D eigenvalue weighted by atomic mass is 16.3. The minimum Gasteiger partial charge on any atom is -0.392 e. The molecule has 8 atom stereocenters. The third kappa shape index (κ3) is 3.49. The second-order valence-electron chi connectivity index (χ2n) is 14.1. The van der Waals surface area contributed by atoms with Crippen LogP contribution >= 0.6 is 0 Å². The van der Waals surface area contributed by atoms with E-state index in [-0.39, 0.29) is 11.5 Å². The highest BCUT2D eigenvalue weighted by Gasteiger charge is 2.67. The summed E-state index contributed by atoms with van der Waals surface area (Å²) in [6, 6.07) is 0. The quantitative estimate of drug-likeness (QED) is 0.448. The molecule has 3 fully saturated rings. The zero-order chi connectivity index (χ0) is 23.7. The Hall–Kier alpha value is -0.600. The first kappa shape index (κ1) is 24.5. The van der Waals surface area contributed by atoms with Crippen LogP contribution in [0.2, 0.25) is 0 Å². The molecule has 0 unspecified atom stereocenters. The van der Waals surface area contributed by atoms with E-state index >= 15 is 0 Å². The van der Waals surface area contributed by atoms with Crippen LogP contribution in [0.5, 0.6) is 0 Å². The van der Waals surface area contributed by atoms with Crippen LogP contribution < -0.4 is 0 Å². The molecule has 0 saturated heterocycles. The minimum atomic E-state index is -0.714. The maximum Gasteiger partial charge on any atom is 0.0771 e. The zero-order valence-corrected chi connectivity index (χ0v) is 22.2. The highest BCUT2D eigenvalue weighted by molar-refractivity contribution is 5.30. The number of hydrogen-bond donors (Lipinski definition) is 2. The summed E-state index contributed by atoms with van der Waals surface area (Å²) in [6.07, 6.45) is 16.4. The first-order valence-corrected chi connectivity index (χ1v) is 13.5. The molecular weight excluding hydrogens is 392 g/mol. The van der Waals surface area contributed by atoms with Crippen LogP contribution in [0.25, 0.3) is 0 Å². The molecule has 182 valence electrons. The second kappa shape index (κ2) is 7.70. The lowest BCUT2D eigenvalue weighted by atomic mass is 9.39. The monoisotopic (exact) mass is 442 g/mol. The summed E-state index contributed by atoms with van der Waals surface area (Å²) in [6.45, 7) is 18.6. The average Bonchev–Trinajstić information content (AvgIpc) is 2.95. The lowest BCUT2D eigenvalue weighted by Crippen LogP contribution is -2.59. The Kier molecular flexibility index (Phi) is 5.90. The molecule has 4 rings (SSSR count). The van der Waals surface area contributed by atoms with E-state index in [2.05, 4.69) is 53.7 Å². The normalized spacial score (nSPS) is 46.9. The van der Waals surface area contributed by atoms with E-state index in [1.54, 1.807) is 5.57 Å². The van der Waals surface area contributed by atoms with E-state index in [4.69, 9.17) is 0 Å². The van der Waals surface area contributed by atoms with Gasteiger partial charge < -0.3 is 10.2 Å². The fourth-order valence-electron chi connectivity index (χ4n) is 9.37. The SMILES string of the molecule is C[C@@H](CC=CC(C)(C)O)[C@@H]1CC[C@]2(C)[C@H]3CC=C4[C@@H](CC[C@H](O)C4(C)C)[C@]3(C)CC[C@@]12C. The zero-order valence-electron chi connectivity index (χ0n) is 22.2. The summed E-state index contributed by atoms with van der Waals surface area (Å²) in [4.78, 5) is 0. The predicted molar refractivity (Wildman–Crippen MR) is 134 cm³/mol. The van der Waals surface area contributed by atoms with E-state index in [0.29, 0.717) is 28.1 Å². The summed E-state index contributed by atoms with van der Waals surface area (Å²) in [5.41, 5.74) is 1.94. The third-order valence-corrected chi connectivity index (χ3v) is 11.6. The van der Waals surface area contributed by atoms with Crippen LogP contribution in [-0.4, -0.2) is 21.9 Å². The van der Waals surface area contributed by atoms with E-state index in [1.807, 2.05) is 19.9 Å². The summed E-state index contributed by atoms with van der Waals surface area (Å²) < 4.78 is 0. The maximum atomic E-state index is 10.8. The molecule has 0 spiro atoms.